The van der Waals surface area contributed by atoms with Gasteiger partial charge in [-0.05, 0) is 36.8 Å². The first kappa shape index (κ1) is 19.5. The van der Waals surface area contributed by atoms with Gasteiger partial charge in [0.25, 0.3) is 0 Å². The summed E-state index contributed by atoms with van der Waals surface area (Å²) in [4.78, 5) is 0. The van der Waals surface area contributed by atoms with E-state index in [1.807, 2.05) is 36.4 Å². The zero-order valence-electron chi connectivity index (χ0n) is 15.1. The summed E-state index contributed by atoms with van der Waals surface area (Å²) in [5.41, 5.74) is 2.12. The summed E-state index contributed by atoms with van der Waals surface area (Å²) < 4.78 is 5.85. The Labute approximate surface area is 156 Å². The van der Waals surface area contributed by atoms with Crippen LogP contribution in [0.1, 0.15) is 39.0 Å². The lowest BCUT2D eigenvalue weighted by atomic mass is 10.2. The molecule has 25 heavy (non-hydrogen) atoms. The summed E-state index contributed by atoms with van der Waals surface area (Å²) in [5, 5.41) is 7.51. The Morgan fingerprint density at radius 1 is 0.840 bits per heavy atom. The molecule has 2 aromatic rings. The molecule has 0 fully saturated rings. The lowest BCUT2D eigenvalue weighted by Gasteiger charge is -2.11. The van der Waals surface area contributed by atoms with Crippen molar-refractivity contribution in [2.24, 2.45) is 0 Å². The molecule has 0 amide bonds. The van der Waals surface area contributed by atoms with Gasteiger partial charge in [-0.3, -0.25) is 0 Å². The third kappa shape index (κ3) is 8.17. The van der Waals surface area contributed by atoms with Gasteiger partial charge < -0.3 is 15.4 Å². The van der Waals surface area contributed by atoms with Crippen LogP contribution in [-0.4, -0.2) is 19.7 Å². The van der Waals surface area contributed by atoms with Crippen molar-refractivity contribution in [3.63, 3.8) is 0 Å². The van der Waals surface area contributed by atoms with Gasteiger partial charge in [-0.25, -0.2) is 0 Å². The Morgan fingerprint density at radius 3 is 2.24 bits per heavy atom. The molecule has 0 aliphatic rings. The molecule has 0 spiro atoms. The van der Waals surface area contributed by atoms with E-state index in [1.54, 1.807) is 0 Å². The predicted octanol–water partition coefficient (Wildman–Crippen LogP) is 6.21. The van der Waals surface area contributed by atoms with Gasteiger partial charge in [0.15, 0.2) is 0 Å². The topological polar surface area (TPSA) is 33.3 Å². The molecule has 0 aliphatic heterocycles. The fourth-order valence-corrected chi connectivity index (χ4v) is 2.79. The quantitative estimate of drug-likeness (QED) is 0.441. The van der Waals surface area contributed by atoms with Crippen LogP contribution in [0.15, 0.2) is 48.5 Å². The highest BCUT2D eigenvalue weighted by molar-refractivity contribution is 6.30. The van der Waals surface area contributed by atoms with Gasteiger partial charge in [0.05, 0.1) is 6.61 Å². The first-order valence-corrected chi connectivity index (χ1v) is 9.62. The average Bonchev–Trinajstić information content (AvgIpc) is 2.62. The first-order chi connectivity index (χ1) is 12.3. The number of hydrogen-bond acceptors (Lipinski definition) is 3. The van der Waals surface area contributed by atoms with E-state index in [1.165, 1.54) is 25.7 Å². The molecule has 3 nitrogen and oxygen atoms in total. The van der Waals surface area contributed by atoms with Crippen LogP contribution >= 0.6 is 11.6 Å². The normalized spacial score (nSPS) is 10.5. The summed E-state index contributed by atoms with van der Waals surface area (Å²) in [7, 11) is 0. The molecule has 2 N–H and O–H groups in total. The SMILES string of the molecule is CCCCCCCOc1cccc(NCCNc2cccc(Cl)c2)c1. The van der Waals surface area contributed by atoms with Crippen LogP contribution in [0.3, 0.4) is 0 Å². The molecule has 0 heterocycles. The van der Waals surface area contributed by atoms with Gasteiger partial charge in [-0.1, -0.05) is 56.3 Å². The molecule has 0 bridgehead atoms. The molecule has 2 rings (SSSR count). The third-order valence-electron chi connectivity index (χ3n) is 3.96. The fourth-order valence-electron chi connectivity index (χ4n) is 2.60. The number of benzene rings is 2. The molecular weight excluding hydrogens is 332 g/mol. The maximum atomic E-state index is 5.98. The van der Waals surface area contributed by atoms with Crippen molar-refractivity contribution in [1.82, 2.24) is 0 Å². The Balaban J connectivity index is 1.65. The number of ether oxygens (including phenoxy) is 1. The van der Waals surface area contributed by atoms with E-state index in [0.29, 0.717) is 0 Å². The number of halogens is 1. The molecule has 0 unspecified atom stereocenters. The highest BCUT2D eigenvalue weighted by atomic mass is 35.5. The van der Waals surface area contributed by atoms with E-state index in [9.17, 15) is 0 Å². The van der Waals surface area contributed by atoms with Crippen LogP contribution in [0.5, 0.6) is 5.75 Å². The number of unbranched alkanes of at least 4 members (excludes halogenated alkanes) is 4. The van der Waals surface area contributed by atoms with E-state index in [-0.39, 0.29) is 0 Å². The zero-order chi connectivity index (χ0) is 17.7. The van der Waals surface area contributed by atoms with Gasteiger partial charge in [0.2, 0.25) is 0 Å². The summed E-state index contributed by atoms with van der Waals surface area (Å²) in [6.07, 6.45) is 6.28. The number of anilines is 2. The Kier molecular flexibility index (Phi) is 9.06. The molecule has 0 aliphatic carbocycles. The number of hydrogen-bond donors (Lipinski definition) is 2. The summed E-state index contributed by atoms with van der Waals surface area (Å²) in [6, 6.07) is 15.9. The fraction of sp³-hybridized carbons (Fsp3) is 0.429. The van der Waals surface area contributed by atoms with E-state index in [0.717, 1.165) is 48.3 Å². The largest absolute Gasteiger partial charge is 0.494 e. The van der Waals surface area contributed by atoms with Gasteiger partial charge in [-0.2, -0.15) is 0 Å². The second-order valence-corrected chi connectivity index (χ2v) is 6.59. The van der Waals surface area contributed by atoms with Crippen LogP contribution in [0, 0.1) is 0 Å². The van der Waals surface area contributed by atoms with Gasteiger partial charge in [0, 0.05) is 35.6 Å². The minimum Gasteiger partial charge on any atom is -0.494 e. The van der Waals surface area contributed by atoms with Crippen molar-refractivity contribution in [2.45, 2.75) is 39.0 Å². The Hall–Kier alpha value is -1.87. The van der Waals surface area contributed by atoms with Crippen LogP contribution in [-0.2, 0) is 0 Å². The van der Waals surface area contributed by atoms with Gasteiger partial charge >= 0.3 is 0 Å². The van der Waals surface area contributed by atoms with Crippen LogP contribution < -0.4 is 15.4 Å². The minimum atomic E-state index is 0.748. The van der Waals surface area contributed by atoms with E-state index in [4.69, 9.17) is 16.3 Å². The van der Waals surface area contributed by atoms with Gasteiger partial charge in [0.1, 0.15) is 5.75 Å². The lowest BCUT2D eigenvalue weighted by Crippen LogP contribution is -2.13. The maximum Gasteiger partial charge on any atom is 0.121 e. The van der Waals surface area contributed by atoms with Crippen molar-refractivity contribution in [2.75, 3.05) is 30.3 Å². The minimum absolute atomic E-state index is 0.748. The Bertz CT molecular complexity index is 618. The molecule has 0 atom stereocenters. The molecule has 0 aromatic heterocycles. The zero-order valence-corrected chi connectivity index (χ0v) is 15.8. The molecule has 4 heteroatoms. The Morgan fingerprint density at radius 2 is 1.52 bits per heavy atom. The van der Waals surface area contributed by atoms with Gasteiger partial charge in [-0.15, -0.1) is 0 Å². The van der Waals surface area contributed by atoms with Crippen molar-refractivity contribution in [3.05, 3.63) is 53.6 Å². The second-order valence-electron chi connectivity index (χ2n) is 6.15. The highest BCUT2D eigenvalue weighted by Gasteiger charge is 1.98. The third-order valence-corrected chi connectivity index (χ3v) is 4.19. The second kappa shape index (κ2) is 11.6. The van der Waals surface area contributed by atoms with E-state index < -0.39 is 0 Å². The molecule has 2 aromatic carbocycles. The van der Waals surface area contributed by atoms with Crippen LogP contribution in [0.25, 0.3) is 0 Å². The maximum absolute atomic E-state index is 5.98. The van der Waals surface area contributed by atoms with Crippen LogP contribution in [0.2, 0.25) is 5.02 Å². The standard InChI is InChI=1S/C21H29ClN2O/c1-2-3-4-5-6-15-25-21-12-8-11-20(17-21)24-14-13-23-19-10-7-9-18(22)16-19/h7-12,16-17,23-24H,2-6,13-15H2,1H3. The summed E-state index contributed by atoms with van der Waals surface area (Å²) >= 11 is 5.98. The summed E-state index contributed by atoms with van der Waals surface area (Å²) in [6.45, 7) is 4.68. The molecule has 0 radical (unpaired) electrons. The van der Waals surface area contributed by atoms with Crippen LogP contribution in [0.4, 0.5) is 11.4 Å². The van der Waals surface area contributed by atoms with Crippen molar-refractivity contribution in [3.8, 4) is 5.75 Å². The molecule has 0 saturated heterocycles. The number of rotatable bonds is 12. The van der Waals surface area contributed by atoms with Crippen molar-refractivity contribution < 1.29 is 4.74 Å². The summed E-state index contributed by atoms with van der Waals surface area (Å²) in [5.74, 6) is 0.934. The van der Waals surface area contributed by atoms with Crippen molar-refractivity contribution in [1.29, 1.82) is 0 Å². The number of nitrogens with one attached hydrogen (secondary N) is 2. The predicted molar refractivity (Wildman–Crippen MR) is 109 cm³/mol. The molecular formula is C21H29ClN2O. The molecule has 136 valence electrons. The van der Waals surface area contributed by atoms with E-state index >= 15 is 0 Å². The first-order valence-electron chi connectivity index (χ1n) is 9.24. The monoisotopic (exact) mass is 360 g/mol. The average molecular weight is 361 g/mol. The molecule has 0 saturated carbocycles. The van der Waals surface area contributed by atoms with E-state index in [2.05, 4.69) is 29.7 Å². The lowest BCUT2D eigenvalue weighted by molar-refractivity contribution is 0.304. The smallest absolute Gasteiger partial charge is 0.121 e. The van der Waals surface area contributed by atoms with Crippen molar-refractivity contribution >= 4 is 23.0 Å². The highest BCUT2D eigenvalue weighted by Crippen LogP contribution is 2.18.